The molecule has 0 fully saturated rings. The highest BCUT2D eigenvalue weighted by Crippen LogP contribution is 2.19. The van der Waals surface area contributed by atoms with Crippen LogP contribution in [0.25, 0.3) is 0 Å². The molecule has 5 N–H and O–H groups in total. The number of rotatable bonds is 15. The van der Waals surface area contributed by atoms with Crippen LogP contribution in [0.4, 0.5) is 0 Å². The van der Waals surface area contributed by atoms with E-state index in [0.717, 1.165) is 6.29 Å². The Balaban J connectivity index is 4.43. The van der Waals surface area contributed by atoms with Gasteiger partial charge in [0.05, 0.1) is 24.3 Å². The first-order chi connectivity index (χ1) is 12.4. The summed E-state index contributed by atoms with van der Waals surface area (Å²) in [7, 11) is 1.77. The Morgan fingerprint density at radius 2 is 1.74 bits per heavy atom. The number of hydrogen-bond acceptors (Lipinski definition) is 7. The number of nitrogens with one attached hydrogen (secondary N) is 3. The van der Waals surface area contributed by atoms with Crippen LogP contribution < -0.4 is 21.7 Å². The van der Waals surface area contributed by atoms with Crippen LogP contribution in [0.3, 0.4) is 0 Å². The molecule has 0 unspecified atom stereocenters. The summed E-state index contributed by atoms with van der Waals surface area (Å²) >= 11 is 0. The third-order valence-corrected chi connectivity index (χ3v) is 4.26. The zero-order chi connectivity index (χ0) is 21.1. The van der Waals surface area contributed by atoms with Crippen LogP contribution in [-0.4, -0.2) is 56.5 Å². The Labute approximate surface area is 164 Å². The molecule has 0 radical (unpaired) electrons. The number of likely N-dealkylation sites (N-methyl/N-ethyl adjacent to an activating group) is 1. The van der Waals surface area contributed by atoms with Gasteiger partial charge in [0.25, 0.3) is 0 Å². The van der Waals surface area contributed by atoms with Crippen molar-refractivity contribution in [3.63, 3.8) is 0 Å². The zero-order valence-corrected chi connectivity index (χ0v) is 18.2. The highest BCUT2D eigenvalue weighted by Gasteiger charge is 2.30. The molecular weight excluding hydrogens is 344 g/mol. The quantitative estimate of drug-likeness (QED) is 0.316. The van der Waals surface area contributed by atoms with E-state index in [9.17, 15) is 9.59 Å². The summed E-state index contributed by atoms with van der Waals surface area (Å²) in [5, 5.41) is 9.41. The number of hydrogen-bond donors (Lipinski definition) is 4. The van der Waals surface area contributed by atoms with Gasteiger partial charge in [0.15, 0.2) is 5.78 Å². The molecule has 7 nitrogen and oxygen atoms in total. The van der Waals surface area contributed by atoms with E-state index in [0.29, 0.717) is 44.8 Å². The summed E-state index contributed by atoms with van der Waals surface area (Å²) in [5.41, 5.74) is 5.37. The molecule has 0 atom stereocenters. The van der Waals surface area contributed by atoms with Crippen LogP contribution in [0, 0.1) is 5.41 Å². The average Bonchev–Trinajstić information content (AvgIpc) is 2.57. The highest BCUT2D eigenvalue weighted by atomic mass is 16.5. The Bertz CT molecular complexity index is 499. The summed E-state index contributed by atoms with van der Waals surface area (Å²) in [6.07, 6.45) is 3.62. The molecule has 0 rings (SSSR count). The summed E-state index contributed by atoms with van der Waals surface area (Å²) in [6.45, 7) is 14.2. The number of aldehydes is 1. The van der Waals surface area contributed by atoms with Gasteiger partial charge in [-0.25, -0.2) is 0 Å². The van der Waals surface area contributed by atoms with Gasteiger partial charge < -0.3 is 31.2 Å². The third kappa shape index (κ3) is 11.8. The van der Waals surface area contributed by atoms with Gasteiger partial charge in [0.1, 0.15) is 6.29 Å². The average molecular weight is 385 g/mol. The van der Waals surface area contributed by atoms with Gasteiger partial charge in [-0.05, 0) is 41.2 Å². The third-order valence-electron chi connectivity index (χ3n) is 4.26. The molecule has 0 bridgehead atoms. The van der Waals surface area contributed by atoms with E-state index >= 15 is 0 Å². The summed E-state index contributed by atoms with van der Waals surface area (Å²) in [6, 6.07) is 0. The molecule has 158 valence electrons. The molecular formula is C20H40N4O3. The molecule has 0 aromatic rings. The van der Waals surface area contributed by atoms with Gasteiger partial charge in [-0.3, -0.25) is 4.79 Å². The smallest absolute Gasteiger partial charge is 0.165 e. The molecule has 0 aliphatic carbocycles. The molecule has 27 heavy (non-hydrogen) atoms. The van der Waals surface area contributed by atoms with Crippen molar-refractivity contribution in [1.29, 1.82) is 0 Å². The Kier molecular flexibility index (Phi) is 10.8. The maximum atomic E-state index is 12.1. The SMILES string of the molecule is CNCC(=O)C(C)(C)NCC(C)(C)OCC(C)(C)CN/C=C(\N)CCC=O. The fraction of sp³-hybridized carbons (Fsp3) is 0.800. The lowest BCUT2D eigenvalue weighted by Crippen LogP contribution is -2.54. The predicted molar refractivity (Wildman–Crippen MR) is 110 cm³/mol. The van der Waals surface area contributed by atoms with Crippen LogP contribution >= 0.6 is 0 Å². The Morgan fingerprint density at radius 1 is 1.11 bits per heavy atom. The number of Topliss-reactive ketones (excluding diaryl/α,β-unsaturated/α-hetero) is 1. The van der Waals surface area contributed by atoms with Crippen LogP contribution in [0.1, 0.15) is 54.4 Å². The normalized spacial score (nSPS) is 13.5. The number of nitrogens with two attached hydrogens (primary N) is 1. The first kappa shape index (κ1) is 25.6. The van der Waals surface area contributed by atoms with E-state index in [-0.39, 0.29) is 11.2 Å². The summed E-state index contributed by atoms with van der Waals surface area (Å²) in [4.78, 5) is 22.5. The predicted octanol–water partition coefficient (Wildman–Crippen LogP) is 1.33. The van der Waals surface area contributed by atoms with E-state index in [1.807, 2.05) is 27.7 Å². The highest BCUT2D eigenvalue weighted by molar-refractivity contribution is 5.89. The second kappa shape index (κ2) is 11.4. The first-order valence-corrected chi connectivity index (χ1v) is 9.54. The lowest BCUT2D eigenvalue weighted by atomic mass is 9.94. The number of allylic oxidation sites excluding steroid dienone is 1. The van der Waals surface area contributed by atoms with E-state index in [2.05, 4.69) is 29.8 Å². The maximum Gasteiger partial charge on any atom is 0.165 e. The van der Waals surface area contributed by atoms with E-state index < -0.39 is 11.1 Å². The minimum atomic E-state index is -0.607. The molecule has 0 heterocycles. The van der Waals surface area contributed by atoms with Crippen molar-refractivity contribution >= 4 is 12.1 Å². The van der Waals surface area contributed by atoms with Crippen LogP contribution in [0.2, 0.25) is 0 Å². The molecule has 0 amide bonds. The van der Waals surface area contributed by atoms with Crippen molar-refractivity contribution in [3.05, 3.63) is 11.9 Å². The standard InChI is InChI=1S/C20H40N4O3/c1-18(2,13-23-11-16(21)9-8-10-25)15-27-19(3,4)14-24-20(5,6)17(26)12-22-7/h10-11,22-24H,8-9,12-15,21H2,1-7H3/b16-11-. The molecule has 0 spiro atoms. The van der Waals surface area contributed by atoms with E-state index in [4.69, 9.17) is 10.5 Å². The topological polar surface area (TPSA) is 105 Å². The number of carbonyl (C=O) groups excluding carboxylic acids is 2. The van der Waals surface area contributed by atoms with Gasteiger partial charge in [-0.2, -0.15) is 0 Å². The molecule has 0 aliphatic rings. The van der Waals surface area contributed by atoms with Crippen molar-refractivity contribution in [2.24, 2.45) is 11.1 Å². The van der Waals surface area contributed by atoms with Crippen LogP contribution in [0.5, 0.6) is 0 Å². The van der Waals surface area contributed by atoms with Gasteiger partial charge in [0, 0.05) is 36.8 Å². The number of carbonyl (C=O) groups is 2. The van der Waals surface area contributed by atoms with Crippen LogP contribution in [0.15, 0.2) is 11.9 Å². The fourth-order valence-electron chi connectivity index (χ4n) is 2.16. The Hall–Kier alpha value is -1.44. The van der Waals surface area contributed by atoms with Gasteiger partial charge in [-0.15, -0.1) is 0 Å². The largest absolute Gasteiger partial charge is 0.401 e. The number of ketones is 1. The van der Waals surface area contributed by atoms with Crippen LogP contribution in [-0.2, 0) is 14.3 Å². The minimum absolute atomic E-state index is 0.101. The fourth-order valence-corrected chi connectivity index (χ4v) is 2.16. The van der Waals surface area contributed by atoms with Gasteiger partial charge in [-0.1, -0.05) is 13.8 Å². The molecule has 0 aliphatic heterocycles. The summed E-state index contributed by atoms with van der Waals surface area (Å²) < 4.78 is 6.12. The zero-order valence-electron chi connectivity index (χ0n) is 18.2. The molecule has 0 saturated carbocycles. The summed E-state index contributed by atoms with van der Waals surface area (Å²) in [5.74, 6) is 0.115. The van der Waals surface area contributed by atoms with E-state index in [1.54, 1.807) is 13.2 Å². The van der Waals surface area contributed by atoms with Gasteiger partial charge >= 0.3 is 0 Å². The van der Waals surface area contributed by atoms with E-state index in [1.165, 1.54) is 0 Å². The molecule has 0 saturated heterocycles. The molecule has 7 heteroatoms. The van der Waals surface area contributed by atoms with Gasteiger partial charge in [0.2, 0.25) is 0 Å². The van der Waals surface area contributed by atoms with Crippen molar-refractivity contribution < 1.29 is 14.3 Å². The van der Waals surface area contributed by atoms with Crippen molar-refractivity contribution in [3.8, 4) is 0 Å². The van der Waals surface area contributed by atoms with Crippen molar-refractivity contribution in [2.75, 3.05) is 33.3 Å². The lowest BCUT2D eigenvalue weighted by molar-refractivity contribution is -0.124. The second-order valence-electron chi connectivity index (χ2n) is 8.95. The lowest BCUT2D eigenvalue weighted by Gasteiger charge is -2.35. The Morgan fingerprint density at radius 3 is 2.30 bits per heavy atom. The first-order valence-electron chi connectivity index (χ1n) is 9.54. The van der Waals surface area contributed by atoms with Crippen molar-refractivity contribution in [2.45, 2.75) is 65.5 Å². The maximum absolute atomic E-state index is 12.1. The molecule has 0 aromatic carbocycles. The van der Waals surface area contributed by atoms with Crippen molar-refractivity contribution in [1.82, 2.24) is 16.0 Å². The minimum Gasteiger partial charge on any atom is -0.401 e. The second-order valence-corrected chi connectivity index (χ2v) is 8.95. The molecule has 0 aromatic heterocycles. The monoisotopic (exact) mass is 384 g/mol. The number of ether oxygens (including phenoxy) is 1.